The van der Waals surface area contributed by atoms with Gasteiger partial charge in [-0.1, -0.05) is 29.8 Å². The second kappa shape index (κ2) is 8.54. The zero-order chi connectivity index (χ0) is 20.2. The van der Waals surface area contributed by atoms with E-state index < -0.39 is 38.9 Å². The highest BCUT2D eigenvalue weighted by molar-refractivity contribution is 7.92. The van der Waals surface area contributed by atoms with E-state index in [0.29, 0.717) is 0 Å². The van der Waals surface area contributed by atoms with Gasteiger partial charge in [0.05, 0.1) is 36.4 Å². The van der Waals surface area contributed by atoms with E-state index in [0.717, 1.165) is 5.57 Å². The first-order chi connectivity index (χ1) is 12.6. The molecule has 150 valence electrons. The third-order valence-corrected chi connectivity index (χ3v) is 6.62. The van der Waals surface area contributed by atoms with Crippen LogP contribution in [0.2, 0.25) is 0 Å². The van der Waals surface area contributed by atoms with Crippen molar-refractivity contribution < 1.29 is 27.4 Å². The molecular formula is C20H28O6S. The summed E-state index contributed by atoms with van der Waals surface area (Å²) in [6.45, 7) is 7.41. The fourth-order valence-corrected chi connectivity index (χ4v) is 5.23. The second-order valence-corrected chi connectivity index (χ2v) is 9.48. The van der Waals surface area contributed by atoms with Gasteiger partial charge < -0.3 is 14.2 Å². The van der Waals surface area contributed by atoms with Crippen molar-refractivity contribution >= 4 is 15.8 Å². The molecule has 1 aliphatic heterocycles. The molecule has 1 aromatic rings. The Morgan fingerprint density at radius 2 is 1.93 bits per heavy atom. The number of hydrogen-bond donors (Lipinski definition) is 0. The molecule has 0 radical (unpaired) electrons. The largest absolute Gasteiger partial charge is 0.469 e. The van der Waals surface area contributed by atoms with E-state index in [1.165, 1.54) is 7.11 Å². The maximum Gasteiger partial charge on any atom is 0.305 e. The molecular weight excluding hydrogens is 368 g/mol. The van der Waals surface area contributed by atoms with Gasteiger partial charge in [0.25, 0.3) is 0 Å². The first-order valence-corrected chi connectivity index (χ1v) is 10.4. The number of allylic oxidation sites excluding steroid dienone is 1. The number of carbonyl (C=O) groups excluding carboxylic acids is 1. The number of methoxy groups -OCH3 is 1. The van der Waals surface area contributed by atoms with Crippen LogP contribution in [0, 0.1) is 5.92 Å². The van der Waals surface area contributed by atoms with Crippen LogP contribution < -0.4 is 0 Å². The van der Waals surface area contributed by atoms with E-state index in [1.54, 1.807) is 50.3 Å². The average Bonchev–Trinajstić information content (AvgIpc) is 2.97. The van der Waals surface area contributed by atoms with Gasteiger partial charge in [0, 0.05) is 5.92 Å². The Labute approximate surface area is 161 Å². The first kappa shape index (κ1) is 21.6. The highest BCUT2D eigenvalue weighted by atomic mass is 32.2. The number of rotatable bonds is 7. The van der Waals surface area contributed by atoms with E-state index in [-0.39, 0.29) is 17.9 Å². The van der Waals surface area contributed by atoms with Crippen LogP contribution in [-0.4, -0.2) is 45.2 Å². The summed E-state index contributed by atoms with van der Waals surface area (Å²) >= 11 is 0. The van der Waals surface area contributed by atoms with Crippen molar-refractivity contribution in [3.05, 3.63) is 42.0 Å². The lowest BCUT2D eigenvalue weighted by atomic mass is 9.93. The van der Waals surface area contributed by atoms with Crippen LogP contribution in [0.4, 0.5) is 0 Å². The summed E-state index contributed by atoms with van der Waals surface area (Å²) in [7, 11) is -2.45. The lowest BCUT2D eigenvalue weighted by Crippen LogP contribution is -2.40. The molecule has 0 unspecified atom stereocenters. The molecule has 6 nitrogen and oxygen atoms in total. The first-order valence-electron chi connectivity index (χ1n) is 8.89. The summed E-state index contributed by atoms with van der Waals surface area (Å²) in [5, 5.41) is -0.938. The van der Waals surface area contributed by atoms with Gasteiger partial charge in [0.2, 0.25) is 0 Å². The molecule has 0 saturated carbocycles. The number of esters is 1. The molecule has 0 aliphatic carbocycles. The van der Waals surface area contributed by atoms with Gasteiger partial charge >= 0.3 is 5.97 Å². The molecule has 1 heterocycles. The van der Waals surface area contributed by atoms with Crippen molar-refractivity contribution in [3.63, 3.8) is 0 Å². The Morgan fingerprint density at radius 1 is 1.30 bits per heavy atom. The molecule has 0 N–H and O–H groups in total. The van der Waals surface area contributed by atoms with Crippen molar-refractivity contribution in [3.8, 4) is 0 Å². The minimum absolute atomic E-state index is 0.0822. The van der Waals surface area contributed by atoms with Crippen molar-refractivity contribution in [1.82, 2.24) is 0 Å². The highest BCUT2D eigenvalue weighted by Crippen LogP contribution is 2.35. The smallest absolute Gasteiger partial charge is 0.305 e. The average molecular weight is 397 g/mol. The fraction of sp³-hybridized carbons (Fsp3) is 0.550. The van der Waals surface area contributed by atoms with Crippen LogP contribution in [0.15, 0.2) is 46.9 Å². The summed E-state index contributed by atoms with van der Waals surface area (Å²) in [6.07, 6.45) is 1.06. The zero-order valence-electron chi connectivity index (χ0n) is 16.5. The SMILES string of the molecule is COC(=O)C[C@H]([C@@H](C=C(C)C)S(=O)(=O)c1ccccc1)[C@H]1COC(C)(C)O1. The van der Waals surface area contributed by atoms with Crippen LogP contribution in [0.1, 0.15) is 34.1 Å². The molecule has 0 bridgehead atoms. The molecule has 3 atom stereocenters. The van der Waals surface area contributed by atoms with Gasteiger partial charge in [-0.3, -0.25) is 4.79 Å². The summed E-state index contributed by atoms with van der Waals surface area (Å²) < 4.78 is 43.2. The molecule has 7 heteroatoms. The summed E-state index contributed by atoms with van der Waals surface area (Å²) in [5.74, 6) is -1.95. The molecule has 1 saturated heterocycles. The molecule has 0 amide bonds. The predicted octanol–water partition coefficient (Wildman–Crippen LogP) is 3.13. The summed E-state index contributed by atoms with van der Waals surface area (Å²) in [6, 6.07) is 8.25. The third kappa shape index (κ3) is 5.40. The maximum absolute atomic E-state index is 13.4. The summed E-state index contributed by atoms with van der Waals surface area (Å²) in [4.78, 5) is 12.3. The second-order valence-electron chi connectivity index (χ2n) is 7.38. The van der Waals surface area contributed by atoms with Crippen LogP contribution >= 0.6 is 0 Å². The topological polar surface area (TPSA) is 78.9 Å². The Bertz CT molecular complexity index is 778. The van der Waals surface area contributed by atoms with E-state index in [1.807, 2.05) is 13.8 Å². The molecule has 2 rings (SSSR count). The molecule has 0 spiro atoms. The van der Waals surface area contributed by atoms with Gasteiger partial charge in [-0.05, 0) is 39.8 Å². The van der Waals surface area contributed by atoms with Crippen LogP contribution in [-0.2, 0) is 28.8 Å². The number of hydrogen-bond acceptors (Lipinski definition) is 6. The molecule has 27 heavy (non-hydrogen) atoms. The number of carbonyl (C=O) groups is 1. The minimum atomic E-state index is -3.74. The predicted molar refractivity (Wildman–Crippen MR) is 102 cm³/mol. The Balaban J connectivity index is 2.51. The molecule has 1 aromatic carbocycles. The van der Waals surface area contributed by atoms with Crippen molar-refractivity contribution in [2.24, 2.45) is 5.92 Å². The van der Waals surface area contributed by atoms with E-state index in [9.17, 15) is 13.2 Å². The molecule has 0 aromatic heterocycles. The lowest BCUT2D eigenvalue weighted by molar-refractivity contribution is -0.152. The van der Waals surface area contributed by atoms with Gasteiger partial charge in [0.15, 0.2) is 15.6 Å². The molecule has 1 aliphatic rings. The fourth-order valence-electron chi connectivity index (χ4n) is 3.20. The van der Waals surface area contributed by atoms with Gasteiger partial charge in [-0.2, -0.15) is 0 Å². The Morgan fingerprint density at radius 3 is 2.41 bits per heavy atom. The van der Waals surface area contributed by atoms with E-state index in [4.69, 9.17) is 14.2 Å². The number of ether oxygens (including phenoxy) is 3. The van der Waals surface area contributed by atoms with Gasteiger partial charge in [0.1, 0.15) is 0 Å². The van der Waals surface area contributed by atoms with Crippen molar-refractivity contribution in [2.45, 2.75) is 56.2 Å². The van der Waals surface area contributed by atoms with Crippen LogP contribution in [0.25, 0.3) is 0 Å². The Kier molecular flexibility index (Phi) is 6.83. The minimum Gasteiger partial charge on any atom is -0.469 e. The van der Waals surface area contributed by atoms with Gasteiger partial charge in [-0.25, -0.2) is 8.42 Å². The monoisotopic (exact) mass is 396 g/mol. The third-order valence-electron chi connectivity index (χ3n) is 4.49. The van der Waals surface area contributed by atoms with Crippen molar-refractivity contribution in [1.29, 1.82) is 0 Å². The van der Waals surface area contributed by atoms with E-state index >= 15 is 0 Å². The number of sulfone groups is 1. The van der Waals surface area contributed by atoms with E-state index in [2.05, 4.69) is 0 Å². The quantitative estimate of drug-likeness (QED) is 0.520. The van der Waals surface area contributed by atoms with Gasteiger partial charge in [-0.15, -0.1) is 0 Å². The normalized spacial score (nSPS) is 21.3. The molecule has 1 fully saturated rings. The van der Waals surface area contributed by atoms with Crippen LogP contribution in [0.5, 0.6) is 0 Å². The van der Waals surface area contributed by atoms with Crippen molar-refractivity contribution in [2.75, 3.05) is 13.7 Å². The lowest BCUT2D eigenvalue weighted by Gasteiger charge is -2.29. The Hall–Kier alpha value is -1.70. The standard InChI is InChI=1S/C20H28O6S/c1-14(2)11-18(27(22,23)15-9-7-6-8-10-15)16(12-19(21)24-5)17-13-25-20(3,4)26-17/h6-11,16-18H,12-13H2,1-5H3/t16-,17+,18+/m0/s1. The summed E-state index contributed by atoms with van der Waals surface area (Å²) in [5.41, 5.74) is 0.840. The number of benzene rings is 1. The maximum atomic E-state index is 13.4. The highest BCUT2D eigenvalue weighted by Gasteiger charge is 2.45. The zero-order valence-corrected chi connectivity index (χ0v) is 17.3. The van der Waals surface area contributed by atoms with Crippen LogP contribution in [0.3, 0.4) is 0 Å².